The Morgan fingerprint density at radius 1 is 1.03 bits per heavy atom. The Balaban J connectivity index is 1.73. The summed E-state index contributed by atoms with van der Waals surface area (Å²) in [6.45, 7) is 6.37. The monoisotopic (exact) mass is 449 g/mol. The van der Waals surface area contributed by atoms with Crippen LogP contribution in [0.2, 0.25) is 0 Å². The van der Waals surface area contributed by atoms with Gasteiger partial charge in [-0.3, -0.25) is 10.1 Å². The minimum atomic E-state index is -1.26. The molecule has 0 radical (unpaired) electrons. The van der Waals surface area contributed by atoms with Gasteiger partial charge in [-0.25, -0.2) is 4.79 Å². The SMILES string of the molecule is CCCCN(CCCC)c1ccc2cc3c(cc2c1)Oc1cc([N+](=O)[O-])cc(C(=O)O)c1N3. The third kappa shape index (κ3) is 4.55. The third-order valence-corrected chi connectivity index (χ3v) is 5.86. The summed E-state index contributed by atoms with van der Waals surface area (Å²) in [6.07, 6.45) is 4.51. The molecule has 0 aromatic heterocycles. The predicted molar refractivity (Wildman–Crippen MR) is 129 cm³/mol. The van der Waals surface area contributed by atoms with Crippen molar-refractivity contribution in [1.29, 1.82) is 0 Å². The van der Waals surface area contributed by atoms with Crippen molar-refractivity contribution in [2.45, 2.75) is 39.5 Å². The number of carboxylic acids is 1. The molecule has 8 heteroatoms. The largest absolute Gasteiger partial charge is 0.478 e. The molecule has 1 aliphatic heterocycles. The molecule has 0 bridgehead atoms. The van der Waals surface area contributed by atoms with Crippen LogP contribution in [0.15, 0.2) is 42.5 Å². The summed E-state index contributed by atoms with van der Waals surface area (Å²) in [5.74, 6) is -0.644. The summed E-state index contributed by atoms with van der Waals surface area (Å²) in [7, 11) is 0. The number of anilines is 3. The number of hydrogen-bond donors (Lipinski definition) is 2. The van der Waals surface area contributed by atoms with Crippen molar-refractivity contribution < 1.29 is 19.6 Å². The van der Waals surface area contributed by atoms with E-state index in [4.69, 9.17) is 4.74 Å². The number of carbonyl (C=O) groups is 1. The Labute approximate surface area is 191 Å². The fourth-order valence-electron chi connectivity index (χ4n) is 4.05. The van der Waals surface area contributed by atoms with Crippen LogP contribution in [0.4, 0.5) is 22.7 Å². The summed E-state index contributed by atoms with van der Waals surface area (Å²) >= 11 is 0. The molecule has 8 nitrogen and oxygen atoms in total. The molecule has 0 saturated heterocycles. The molecule has 0 amide bonds. The van der Waals surface area contributed by atoms with Crippen molar-refractivity contribution >= 4 is 39.5 Å². The summed E-state index contributed by atoms with van der Waals surface area (Å²) < 4.78 is 5.95. The Morgan fingerprint density at radius 3 is 2.39 bits per heavy atom. The van der Waals surface area contributed by atoms with E-state index < -0.39 is 10.9 Å². The van der Waals surface area contributed by atoms with Crippen LogP contribution in [0.1, 0.15) is 49.9 Å². The van der Waals surface area contributed by atoms with E-state index in [1.165, 1.54) is 6.07 Å². The van der Waals surface area contributed by atoms with E-state index in [9.17, 15) is 20.0 Å². The molecule has 0 atom stereocenters. The van der Waals surface area contributed by atoms with Crippen molar-refractivity contribution in [2.75, 3.05) is 23.3 Å². The van der Waals surface area contributed by atoms with Crippen molar-refractivity contribution in [3.8, 4) is 11.5 Å². The molecule has 1 heterocycles. The normalized spacial score (nSPS) is 11.8. The number of benzene rings is 3. The van der Waals surface area contributed by atoms with Crippen LogP contribution in [0, 0.1) is 10.1 Å². The Kier molecular flexibility index (Phi) is 6.35. The molecule has 33 heavy (non-hydrogen) atoms. The first-order valence-corrected chi connectivity index (χ1v) is 11.2. The Bertz CT molecular complexity index is 1220. The topological polar surface area (TPSA) is 105 Å². The smallest absolute Gasteiger partial charge is 0.338 e. The van der Waals surface area contributed by atoms with Crippen molar-refractivity contribution in [3.05, 3.63) is 58.1 Å². The van der Waals surface area contributed by atoms with Gasteiger partial charge in [-0.1, -0.05) is 32.8 Å². The number of nitrogens with one attached hydrogen (secondary N) is 1. The van der Waals surface area contributed by atoms with Gasteiger partial charge in [-0.05, 0) is 47.9 Å². The van der Waals surface area contributed by atoms with E-state index in [0.717, 1.165) is 61.3 Å². The fraction of sp³-hybridized carbons (Fsp3) is 0.320. The molecule has 172 valence electrons. The lowest BCUT2D eigenvalue weighted by molar-refractivity contribution is -0.384. The number of hydrogen-bond acceptors (Lipinski definition) is 6. The van der Waals surface area contributed by atoms with Gasteiger partial charge >= 0.3 is 5.97 Å². The minimum Gasteiger partial charge on any atom is -0.478 e. The molecular formula is C25H27N3O5. The van der Waals surface area contributed by atoms with Crippen LogP contribution in [0.25, 0.3) is 10.8 Å². The molecule has 4 rings (SSSR count). The van der Waals surface area contributed by atoms with E-state index in [0.29, 0.717) is 11.4 Å². The first kappa shape index (κ1) is 22.4. The number of unbranched alkanes of at least 4 members (excludes halogenated alkanes) is 2. The van der Waals surface area contributed by atoms with E-state index >= 15 is 0 Å². The summed E-state index contributed by atoms with van der Waals surface area (Å²) in [5, 5.41) is 25.9. The van der Waals surface area contributed by atoms with Gasteiger partial charge in [-0.2, -0.15) is 0 Å². The number of nitro groups is 1. The van der Waals surface area contributed by atoms with E-state index in [1.54, 1.807) is 0 Å². The van der Waals surface area contributed by atoms with Crippen molar-refractivity contribution in [2.24, 2.45) is 0 Å². The van der Waals surface area contributed by atoms with Crippen LogP contribution in [-0.2, 0) is 0 Å². The van der Waals surface area contributed by atoms with Gasteiger partial charge in [0.25, 0.3) is 5.69 Å². The van der Waals surface area contributed by atoms with Crippen LogP contribution in [0.5, 0.6) is 11.5 Å². The van der Waals surface area contributed by atoms with Crippen LogP contribution < -0.4 is 15.0 Å². The highest BCUT2D eigenvalue weighted by Gasteiger charge is 2.27. The minimum absolute atomic E-state index is 0.122. The highest BCUT2D eigenvalue weighted by atomic mass is 16.6. The Hall–Kier alpha value is -3.81. The third-order valence-electron chi connectivity index (χ3n) is 5.86. The maximum absolute atomic E-state index is 11.7. The lowest BCUT2D eigenvalue weighted by atomic mass is 10.0. The number of rotatable bonds is 9. The standard InChI is InChI=1S/C25H27N3O5/c1-3-5-9-27(10-6-4-2)18-8-7-16-12-21-22(13-17(16)11-18)33-23-15-19(28(31)32)14-20(25(29)30)24(23)26-21/h7-8,11-15,26H,3-6,9-10H2,1-2H3,(H,29,30). The lowest BCUT2D eigenvalue weighted by Crippen LogP contribution is -2.25. The maximum Gasteiger partial charge on any atom is 0.338 e. The molecule has 0 fully saturated rings. The average Bonchev–Trinajstić information content (AvgIpc) is 2.80. The van der Waals surface area contributed by atoms with Gasteiger partial charge in [0.1, 0.15) is 0 Å². The summed E-state index contributed by atoms with van der Waals surface area (Å²) in [5.41, 5.74) is 1.44. The van der Waals surface area contributed by atoms with Crippen molar-refractivity contribution in [1.82, 2.24) is 0 Å². The molecule has 0 saturated carbocycles. The molecule has 3 aromatic rings. The number of carboxylic acid groups (broad SMARTS) is 1. The quantitative estimate of drug-likeness (QED) is 0.216. The number of nitro benzene ring substituents is 1. The van der Waals surface area contributed by atoms with Gasteiger partial charge in [0, 0.05) is 24.8 Å². The average molecular weight is 450 g/mol. The zero-order valence-corrected chi connectivity index (χ0v) is 18.8. The second-order valence-electron chi connectivity index (χ2n) is 8.23. The molecule has 2 N–H and O–H groups in total. The highest BCUT2D eigenvalue weighted by molar-refractivity contribution is 6.01. The first-order valence-electron chi connectivity index (χ1n) is 11.2. The maximum atomic E-state index is 11.7. The number of aromatic carboxylic acids is 1. The molecule has 0 spiro atoms. The number of non-ortho nitro benzene ring substituents is 1. The zero-order chi connectivity index (χ0) is 23.5. The lowest BCUT2D eigenvalue weighted by Gasteiger charge is -2.26. The molecule has 0 unspecified atom stereocenters. The summed E-state index contributed by atoms with van der Waals surface area (Å²) in [6, 6.07) is 12.4. The van der Waals surface area contributed by atoms with Gasteiger partial charge in [0.2, 0.25) is 0 Å². The first-order chi connectivity index (χ1) is 15.9. The molecular weight excluding hydrogens is 422 g/mol. The van der Waals surface area contributed by atoms with Gasteiger partial charge in [0.15, 0.2) is 11.5 Å². The van der Waals surface area contributed by atoms with Crippen LogP contribution in [-0.4, -0.2) is 29.1 Å². The zero-order valence-electron chi connectivity index (χ0n) is 18.8. The van der Waals surface area contributed by atoms with Crippen LogP contribution >= 0.6 is 0 Å². The number of ether oxygens (including phenoxy) is 1. The Morgan fingerprint density at radius 2 is 1.76 bits per heavy atom. The van der Waals surface area contributed by atoms with Crippen molar-refractivity contribution in [3.63, 3.8) is 0 Å². The van der Waals surface area contributed by atoms with E-state index in [1.807, 2.05) is 12.1 Å². The fourth-order valence-corrected chi connectivity index (χ4v) is 4.05. The number of fused-ring (bicyclic) bond motifs is 3. The van der Waals surface area contributed by atoms with Gasteiger partial charge in [0.05, 0.1) is 27.9 Å². The molecule has 3 aromatic carbocycles. The number of nitrogens with zero attached hydrogens (tertiary/aromatic N) is 2. The second-order valence-corrected chi connectivity index (χ2v) is 8.23. The summed E-state index contributed by atoms with van der Waals surface area (Å²) in [4.78, 5) is 24.7. The molecule has 1 aliphatic rings. The van der Waals surface area contributed by atoms with E-state index in [-0.39, 0.29) is 22.7 Å². The molecule has 0 aliphatic carbocycles. The second kappa shape index (κ2) is 9.36. The van der Waals surface area contributed by atoms with E-state index in [2.05, 4.69) is 42.3 Å². The van der Waals surface area contributed by atoms with Gasteiger partial charge in [-0.15, -0.1) is 0 Å². The predicted octanol–water partition coefficient (Wildman–Crippen LogP) is 6.70. The highest BCUT2D eigenvalue weighted by Crippen LogP contribution is 2.47. The van der Waals surface area contributed by atoms with Gasteiger partial charge < -0.3 is 20.1 Å². The van der Waals surface area contributed by atoms with Crippen LogP contribution in [0.3, 0.4) is 0 Å².